The van der Waals surface area contributed by atoms with E-state index in [1.807, 2.05) is 36.6 Å². The summed E-state index contributed by atoms with van der Waals surface area (Å²) in [7, 11) is 3.14. The summed E-state index contributed by atoms with van der Waals surface area (Å²) in [6, 6.07) is 7.24. The van der Waals surface area contributed by atoms with Gasteiger partial charge in [0.2, 0.25) is 5.82 Å². The Hall–Kier alpha value is -3.42. The second kappa shape index (κ2) is 8.08. The molecule has 0 aliphatic heterocycles. The van der Waals surface area contributed by atoms with Crippen LogP contribution < -0.4 is 9.47 Å². The van der Waals surface area contributed by atoms with Crippen LogP contribution >= 0.6 is 0 Å². The van der Waals surface area contributed by atoms with Crippen LogP contribution in [0.2, 0.25) is 0 Å². The zero-order chi connectivity index (χ0) is 20.3. The molecule has 2 heterocycles. The van der Waals surface area contributed by atoms with Gasteiger partial charge in [-0.3, -0.25) is 4.79 Å². The molecule has 0 atom stereocenters. The number of aromatic nitrogens is 5. The van der Waals surface area contributed by atoms with Crippen LogP contribution in [0.3, 0.4) is 0 Å². The summed E-state index contributed by atoms with van der Waals surface area (Å²) < 4.78 is 12.6. The van der Waals surface area contributed by atoms with Crippen molar-refractivity contribution in [3.05, 3.63) is 53.9 Å². The third-order valence-electron chi connectivity index (χ3n) is 4.57. The molecule has 146 valence electrons. The Kier molecular flexibility index (Phi) is 5.58. The lowest BCUT2D eigenvalue weighted by molar-refractivity contribution is 0.0960. The van der Waals surface area contributed by atoms with Gasteiger partial charge in [-0.05, 0) is 43.3 Å². The van der Waals surface area contributed by atoms with Crippen LogP contribution in [0.4, 0.5) is 0 Å². The average Bonchev–Trinajstić information content (AvgIpc) is 3.27. The molecule has 0 bridgehead atoms. The van der Waals surface area contributed by atoms with Crippen LogP contribution in [0.1, 0.15) is 21.7 Å². The van der Waals surface area contributed by atoms with E-state index in [4.69, 9.17) is 9.47 Å². The molecule has 0 N–H and O–H groups in total. The van der Waals surface area contributed by atoms with Crippen molar-refractivity contribution in [3.63, 3.8) is 0 Å². The van der Waals surface area contributed by atoms with Crippen LogP contribution in [0.15, 0.2) is 36.9 Å². The number of hydrogen-bond acceptors (Lipinski definition) is 6. The van der Waals surface area contributed by atoms with Crippen molar-refractivity contribution in [1.82, 2.24) is 24.8 Å². The van der Waals surface area contributed by atoms with E-state index in [9.17, 15) is 4.79 Å². The van der Waals surface area contributed by atoms with E-state index >= 15 is 0 Å². The number of rotatable bonds is 8. The van der Waals surface area contributed by atoms with Gasteiger partial charge in [-0.2, -0.15) is 4.80 Å². The van der Waals surface area contributed by atoms with Crippen molar-refractivity contribution in [2.75, 3.05) is 14.2 Å². The number of methoxy groups -OCH3 is 2. The second-order valence-electron chi connectivity index (χ2n) is 6.32. The molecule has 8 heteroatoms. The van der Waals surface area contributed by atoms with Crippen molar-refractivity contribution >= 4 is 5.78 Å². The summed E-state index contributed by atoms with van der Waals surface area (Å²) in [5.41, 5.74) is 3.30. The van der Waals surface area contributed by atoms with Gasteiger partial charge in [0.15, 0.2) is 17.3 Å². The smallest absolute Gasteiger partial charge is 0.205 e. The molecular weight excluding hydrogens is 358 g/mol. The maximum absolute atomic E-state index is 12.7. The fourth-order valence-electron chi connectivity index (χ4n) is 3.11. The normalized spacial score (nSPS) is 10.7. The van der Waals surface area contributed by atoms with Gasteiger partial charge in [-0.25, -0.2) is 0 Å². The van der Waals surface area contributed by atoms with Gasteiger partial charge in [0.25, 0.3) is 0 Å². The molecule has 0 saturated heterocycles. The quantitative estimate of drug-likeness (QED) is 0.441. The molecule has 0 radical (unpaired) electrons. The molecule has 28 heavy (non-hydrogen) atoms. The van der Waals surface area contributed by atoms with Crippen molar-refractivity contribution in [1.29, 1.82) is 0 Å². The largest absolute Gasteiger partial charge is 0.493 e. The second-order valence-corrected chi connectivity index (χ2v) is 6.32. The Labute approximate surface area is 163 Å². The van der Waals surface area contributed by atoms with Gasteiger partial charge < -0.3 is 14.0 Å². The van der Waals surface area contributed by atoms with Crippen molar-refractivity contribution < 1.29 is 14.3 Å². The Bertz CT molecular complexity index is 1020. The first-order valence-corrected chi connectivity index (χ1v) is 8.79. The number of hydrogen-bond donors (Lipinski definition) is 0. The minimum atomic E-state index is -0.0697. The summed E-state index contributed by atoms with van der Waals surface area (Å²) in [6.45, 7) is 8.33. The first-order valence-electron chi connectivity index (χ1n) is 8.79. The van der Waals surface area contributed by atoms with Crippen molar-refractivity contribution in [2.45, 2.75) is 26.9 Å². The van der Waals surface area contributed by atoms with E-state index in [1.54, 1.807) is 26.4 Å². The van der Waals surface area contributed by atoms with Gasteiger partial charge >= 0.3 is 0 Å². The third kappa shape index (κ3) is 3.66. The van der Waals surface area contributed by atoms with Crippen LogP contribution in [0, 0.1) is 13.8 Å². The van der Waals surface area contributed by atoms with E-state index in [2.05, 4.69) is 22.0 Å². The summed E-state index contributed by atoms with van der Waals surface area (Å²) in [5.74, 6) is 1.52. The summed E-state index contributed by atoms with van der Waals surface area (Å²) in [5, 5.41) is 12.4. The summed E-state index contributed by atoms with van der Waals surface area (Å²) >= 11 is 0. The number of tetrazole rings is 1. The number of ketones is 1. The topological polar surface area (TPSA) is 84.1 Å². The van der Waals surface area contributed by atoms with E-state index in [1.165, 1.54) is 4.80 Å². The molecule has 0 aliphatic rings. The highest BCUT2D eigenvalue weighted by Crippen LogP contribution is 2.30. The maximum atomic E-state index is 12.7. The number of benzene rings is 1. The van der Waals surface area contributed by atoms with Gasteiger partial charge in [0, 0.05) is 29.1 Å². The molecule has 0 aliphatic carbocycles. The molecular formula is C20H23N5O3. The SMILES string of the molecule is C=CCn1c(C)cc(C(=O)Cn2nnc(-c3ccc(OC)c(OC)c3)n2)c1C. The zero-order valence-electron chi connectivity index (χ0n) is 16.5. The highest BCUT2D eigenvalue weighted by molar-refractivity contribution is 5.97. The number of nitrogens with zero attached hydrogens (tertiary/aromatic N) is 5. The number of Topliss-reactive ketones (excluding diaryl/α,β-unsaturated/α-hetero) is 1. The molecule has 2 aromatic heterocycles. The number of aryl methyl sites for hydroxylation is 1. The average molecular weight is 381 g/mol. The zero-order valence-corrected chi connectivity index (χ0v) is 16.5. The third-order valence-corrected chi connectivity index (χ3v) is 4.57. The molecule has 0 unspecified atom stereocenters. The lowest BCUT2D eigenvalue weighted by Crippen LogP contribution is -2.14. The van der Waals surface area contributed by atoms with E-state index < -0.39 is 0 Å². The lowest BCUT2D eigenvalue weighted by atomic mass is 10.1. The molecule has 0 fully saturated rings. The van der Waals surface area contributed by atoms with Gasteiger partial charge in [0.05, 0.1) is 14.2 Å². The van der Waals surface area contributed by atoms with Crippen LogP contribution in [-0.2, 0) is 13.1 Å². The fraction of sp³-hybridized carbons (Fsp3) is 0.300. The predicted molar refractivity (Wildman–Crippen MR) is 105 cm³/mol. The molecule has 0 spiro atoms. The van der Waals surface area contributed by atoms with Crippen LogP contribution in [0.25, 0.3) is 11.4 Å². The standard InChI is InChI=1S/C20H23N5O3/c1-6-9-24-13(2)10-16(14(24)3)17(26)12-25-22-20(21-23-25)15-7-8-18(27-4)19(11-15)28-5/h6-8,10-11H,1,9,12H2,2-5H3. The molecule has 1 aromatic carbocycles. The highest BCUT2D eigenvalue weighted by atomic mass is 16.5. The molecule has 0 saturated carbocycles. The van der Waals surface area contributed by atoms with E-state index in [0.717, 1.165) is 17.0 Å². The Morgan fingerprint density at radius 1 is 1.18 bits per heavy atom. The number of carbonyl (C=O) groups is 1. The van der Waals surface area contributed by atoms with E-state index in [0.29, 0.717) is 29.4 Å². The molecule has 3 rings (SSSR count). The Morgan fingerprint density at radius 3 is 2.61 bits per heavy atom. The van der Waals surface area contributed by atoms with Gasteiger partial charge in [-0.15, -0.1) is 16.8 Å². The fourth-order valence-corrected chi connectivity index (χ4v) is 3.11. The van der Waals surface area contributed by atoms with Gasteiger partial charge in [0.1, 0.15) is 6.54 Å². The number of carbonyl (C=O) groups excluding carboxylic acids is 1. The monoisotopic (exact) mass is 381 g/mol. The molecule has 3 aromatic rings. The van der Waals surface area contributed by atoms with Crippen molar-refractivity contribution in [3.8, 4) is 22.9 Å². The highest BCUT2D eigenvalue weighted by Gasteiger charge is 2.17. The molecule has 0 amide bonds. The predicted octanol–water partition coefficient (Wildman–Crippen LogP) is 2.84. The first-order chi connectivity index (χ1) is 13.5. The maximum Gasteiger partial charge on any atom is 0.205 e. The minimum absolute atomic E-state index is 0.0126. The van der Waals surface area contributed by atoms with Crippen LogP contribution in [-0.4, -0.2) is 44.8 Å². The minimum Gasteiger partial charge on any atom is -0.493 e. The van der Waals surface area contributed by atoms with E-state index in [-0.39, 0.29) is 12.3 Å². The summed E-state index contributed by atoms with van der Waals surface area (Å²) in [6.07, 6.45) is 1.81. The van der Waals surface area contributed by atoms with Gasteiger partial charge in [-0.1, -0.05) is 6.08 Å². The Morgan fingerprint density at radius 2 is 1.93 bits per heavy atom. The Balaban J connectivity index is 1.81. The lowest BCUT2D eigenvalue weighted by Gasteiger charge is -2.07. The van der Waals surface area contributed by atoms with Crippen LogP contribution in [0.5, 0.6) is 11.5 Å². The number of ether oxygens (including phenoxy) is 2. The van der Waals surface area contributed by atoms with Crippen molar-refractivity contribution in [2.24, 2.45) is 0 Å². The first kappa shape index (κ1) is 19.3. The molecule has 8 nitrogen and oxygen atoms in total. The number of allylic oxidation sites excluding steroid dienone is 1. The summed E-state index contributed by atoms with van der Waals surface area (Å²) in [4.78, 5) is 14.0.